The summed E-state index contributed by atoms with van der Waals surface area (Å²) < 4.78 is 5.86. The number of halogens is 1. The van der Waals surface area contributed by atoms with Crippen LogP contribution >= 0.6 is 15.9 Å². The molecule has 0 saturated carbocycles. The maximum Gasteiger partial charge on any atom is 0.172 e. The highest BCUT2D eigenvalue weighted by Crippen LogP contribution is 2.38. The largest absolute Gasteiger partial charge is 0.503 e. The van der Waals surface area contributed by atoms with Crippen LogP contribution in [0.25, 0.3) is 0 Å². The predicted molar refractivity (Wildman–Crippen MR) is 67.2 cm³/mol. The second-order valence-corrected chi connectivity index (χ2v) is 4.95. The van der Waals surface area contributed by atoms with Crippen LogP contribution in [-0.2, 0) is 0 Å². The minimum Gasteiger partial charge on any atom is -0.503 e. The van der Waals surface area contributed by atoms with Gasteiger partial charge in [-0.05, 0) is 58.9 Å². The maximum absolute atomic E-state index is 9.73. The van der Waals surface area contributed by atoms with Gasteiger partial charge in [-0.1, -0.05) is 0 Å². The van der Waals surface area contributed by atoms with Crippen LogP contribution in [0.1, 0.15) is 24.3 Å². The Morgan fingerprint density at radius 3 is 2.94 bits per heavy atom. The number of hydrogen-bond acceptors (Lipinski definition) is 3. The average molecular weight is 286 g/mol. The summed E-state index contributed by atoms with van der Waals surface area (Å²) in [5.74, 6) is 1.23. The van der Waals surface area contributed by atoms with Crippen LogP contribution < -0.4 is 10.1 Å². The van der Waals surface area contributed by atoms with Gasteiger partial charge in [-0.3, -0.25) is 0 Å². The SMILES string of the molecule is COc1cc(C2CCCNC2)cc(Br)c1O. The summed E-state index contributed by atoms with van der Waals surface area (Å²) >= 11 is 3.35. The number of ether oxygens (including phenoxy) is 1. The number of rotatable bonds is 2. The molecule has 0 aliphatic carbocycles. The molecule has 0 aromatic heterocycles. The molecule has 1 fully saturated rings. The maximum atomic E-state index is 9.73. The summed E-state index contributed by atoms with van der Waals surface area (Å²) in [4.78, 5) is 0. The molecule has 3 nitrogen and oxygen atoms in total. The number of methoxy groups -OCH3 is 1. The topological polar surface area (TPSA) is 41.5 Å². The molecule has 0 amide bonds. The standard InChI is InChI=1S/C12H16BrNO2/c1-16-11-6-9(5-10(13)12(11)15)8-3-2-4-14-7-8/h5-6,8,14-15H,2-4,7H2,1H3. The third-order valence-corrected chi connectivity index (χ3v) is 3.64. The van der Waals surface area contributed by atoms with E-state index >= 15 is 0 Å². The van der Waals surface area contributed by atoms with E-state index in [1.54, 1.807) is 7.11 Å². The third-order valence-electron chi connectivity index (χ3n) is 3.04. The summed E-state index contributed by atoms with van der Waals surface area (Å²) in [6.45, 7) is 2.10. The molecule has 0 spiro atoms. The monoisotopic (exact) mass is 285 g/mol. The highest BCUT2D eigenvalue weighted by molar-refractivity contribution is 9.10. The van der Waals surface area contributed by atoms with E-state index in [9.17, 15) is 5.11 Å². The van der Waals surface area contributed by atoms with Gasteiger partial charge in [0.15, 0.2) is 11.5 Å². The van der Waals surface area contributed by atoms with Crippen molar-refractivity contribution in [3.05, 3.63) is 22.2 Å². The average Bonchev–Trinajstić information content (AvgIpc) is 2.33. The molecule has 16 heavy (non-hydrogen) atoms. The van der Waals surface area contributed by atoms with Gasteiger partial charge >= 0.3 is 0 Å². The quantitative estimate of drug-likeness (QED) is 0.878. The number of benzene rings is 1. The van der Waals surface area contributed by atoms with Crippen LogP contribution in [0.15, 0.2) is 16.6 Å². The first-order valence-corrected chi connectivity index (χ1v) is 6.28. The van der Waals surface area contributed by atoms with E-state index in [0.29, 0.717) is 16.1 Å². The van der Waals surface area contributed by atoms with Gasteiger partial charge in [0.25, 0.3) is 0 Å². The number of hydrogen-bond donors (Lipinski definition) is 2. The third kappa shape index (κ3) is 2.33. The van der Waals surface area contributed by atoms with Gasteiger partial charge in [0.2, 0.25) is 0 Å². The van der Waals surface area contributed by atoms with Gasteiger partial charge in [0.05, 0.1) is 11.6 Å². The summed E-state index contributed by atoms with van der Waals surface area (Å²) in [5.41, 5.74) is 1.22. The number of phenolic OH excluding ortho intramolecular Hbond substituents is 1. The van der Waals surface area contributed by atoms with Crippen molar-refractivity contribution in [3.8, 4) is 11.5 Å². The van der Waals surface area contributed by atoms with Crippen molar-refractivity contribution in [1.29, 1.82) is 0 Å². The van der Waals surface area contributed by atoms with Crippen molar-refractivity contribution in [2.24, 2.45) is 0 Å². The molecule has 0 bridgehead atoms. The molecule has 4 heteroatoms. The van der Waals surface area contributed by atoms with Gasteiger partial charge in [0, 0.05) is 6.54 Å². The van der Waals surface area contributed by atoms with Crippen LogP contribution in [0.2, 0.25) is 0 Å². The van der Waals surface area contributed by atoms with Crippen LogP contribution in [0.4, 0.5) is 0 Å². The Morgan fingerprint density at radius 1 is 1.50 bits per heavy atom. The van der Waals surface area contributed by atoms with E-state index in [0.717, 1.165) is 13.1 Å². The first kappa shape index (κ1) is 11.7. The first-order chi connectivity index (χ1) is 7.72. The molecular weight excluding hydrogens is 270 g/mol. The Balaban J connectivity index is 2.29. The van der Waals surface area contributed by atoms with Crippen LogP contribution in [-0.4, -0.2) is 25.3 Å². The second kappa shape index (κ2) is 5.06. The lowest BCUT2D eigenvalue weighted by Crippen LogP contribution is -2.28. The summed E-state index contributed by atoms with van der Waals surface area (Å²) in [7, 11) is 1.57. The zero-order chi connectivity index (χ0) is 11.5. The molecule has 2 rings (SSSR count). The Morgan fingerprint density at radius 2 is 2.31 bits per heavy atom. The van der Waals surface area contributed by atoms with E-state index in [1.165, 1.54) is 18.4 Å². The summed E-state index contributed by atoms with van der Waals surface area (Å²) in [5, 5.41) is 13.1. The Kier molecular flexibility index (Phi) is 3.71. The van der Waals surface area contributed by atoms with Crippen LogP contribution in [0.5, 0.6) is 11.5 Å². The fraction of sp³-hybridized carbons (Fsp3) is 0.500. The van der Waals surface area contributed by atoms with Crippen LogP contribution in [0, 0.1) is 0 Å². The molecule has 1 aliphatic rings. The van der Waals surface area contributed by atoms with E-state index in [2.05, 4.69) is 21.2 Å². The Hall–Kier alpha value is -0.740. The molecule has 1 aromatic rings. The van der Waals surface area contributed by atoms with E-state index in [4.69, 9.17) is 4.74 Å². The van der Waals surface area contributed by atoms with Crippen molar-refractivity contribution < 1.29 is 9.84 Å². The molecule has 2 N–H and O–H groups in total. The van der Waals surface area contributed by atoms with E-state index in [1.807, 2.05) is 12.1 Å². The number of nitrogens with one attached hydrogen (secondary N) is 1. The Labute approximate surface area is 104 Å². The minimum atomic E-state index is 0.176. The molecule has 88 valence electrons. The molecule has 0 radical (unpaired) electrons. The molecule has 1 saturated heterocycles. The zero-order valence-electron chi connectivity index (χ0n) is 9.29. The van der Waals surface area contributed by atoms with Gasteiger partial charge in [-0.15, -0.1) is 0 Å². The summed E-state index contributed by atoms with van der Waals surface area (Å²) in [6, 6.07) is 3.91. The lowest BCUT2D eigenvalue weighted by atomic mass is 9.91. The molecule has 1 unspecified atom stereocenters. The lowest BCUT2D eigenvalue weighted by Gasteiger charge is -2.24. The van der Waals surface area contributed by atoms with E-state index < -0.39 is 0 Å². The molecule has 1 aromatic carbocycles. The molecular formula is C12H16BrNO2. The van der Waals surface area contributed by atoms with E-state index in [-0.39, 0.29) is 5.75 Å². The van der Waals surface area contributed by atoms with Gasteiger partial charge in [-0.2, -0.15) is 0 Å². The van der Waals surface area contributed by atoms with Crippen molar-refractivity contribution >= 4 is 15.9 Å². The zero-order valence-corrected chi connectivity index (χ0v) is 10.9. The predicted octanol–water partition coefficient (Wildman–Crippen LogP) is 2.63. The van der Waals surface area contributed by atoms with Crippen molar-refractivity contribution in [2.75, 3.05) is 20.2 Å². The number of aromatic hydroxyl groups is 1. The van der Waals surface area contributed by atoms with Crippen molar-refractivity contribution in [2.45, 2.75) is 18.8 Å². The first-order valence-electron chi connectivity index (χ1n) is 5.49. The fourth-order valence-corrected chi connectivity index (χ4v) is 2.58. The lowest BCUT2D eigenvalue weighted by molar-refractivity contribution is 0.369. The number of phenols is 1. The van der Waals surface area contributed by atoms with Crippen molar-refractivity contribution in [3.63, 3.8) is 0 Å². The van der Waals surface area contributed by atoms with Crippen LogP contribution in [0.3, 0.4) is 0 Å². The molecule has 1 atom stereocenters. The molecule has 1 aliphatic heterocycles. The summed E-state index contributed by atoms with van der Waals surface area (Å²) in [6.07, 6.45) is 2.39. The van der Waals surface area contributed by atoms with Gasteiger partial charge in [0.1, 0.15) is 0 Å². The smallest absolute Gasteiger partial charge is 0.172 e. The number of piperidine rings is 1. The van der Waals surface area contributed by atoms with Crippen molar-refractivity contribution in [1.82, 2.24) is 5.32 Å². The van der Waals surface area contributed by atoms with Gasteiger partial charge < -0.3 is 15.2 Å². The highest BCUT2D eigenvalue weighted by atomic mass is 79.9. The normalized spacial score (nSPS) is 20.8. The minimum absolute atomic E-state index is 0.176. The molecule has 1 heterocycles. The highest BCUT2D eigenvalue weighted by Gasteiger charge is 2.18. The second-order valence-electron chi connectivity index (χ2n) is 4.10. The fourth-order valence-electron chi connectivity index (χ4n) is 2.12. The van der Waals surface area contributed by atoms with Gasteiger partial charge in [-0.25, -0.2) is 0 Å². The Bertz CT molecular complexity index is 376.